The monoisotopic (exact) mass is 255 g/mol. The Morgan fingerprint density at radius 1 is 1.05 bits per heavy atom. The van der Waals surface area contributed by atoms with Gasteiger partial charge in [0, 0.05) is 12.1 Å². The van der Waals surface area contributed by atoms with Gasteiger partial charge in [0.2, 0.25) is 5.78 Å². The van der Waals surface area contributed by atoms with E-state index in [0.717, 1.165) is 5.56 Å². The van der Waals surface area contributed by atoms with Gasteiger partial charge in [-0.2, -0.15) is 0 Å². The Kier molecular flexibility index (Phi) is 4.44. The molecule has 0 amide bonds. The third kappa shape index (κ3) is 3.50. The van der Waals surface area contributed by atoms with Gasteiger partial charge in [0.1, 0.15) is 0 Å². The summed E-state index contributed by atoms with van der Waals surface area (Å²) in [4.78, 5) is 13.7. The topological polar surface area (TPSA) is 40.5 Å². The standard InChI is InChI=1S/C16H17NO2/c1-17(12-13-8-4-2-5-9-13)16(19)15(18)14-10-6-3-7-11-14/h2-11,16,19H,12H2,1H3. The number of aliphatic hydroxyl groups excluding tert-OH is 1. The number of nitrogens with zero attached hydrogens (tertiary/aromatic N) is 1. The summed E-state index contributed by atoms with van der Waals surface area (Å²) in [6.07, 6.45) is -1.12. The van der Waals surface area contributed by atoms with Crippen LogP contribution in [-0.4, -0.2) is 29.1 Å². The van der Waals surface area contributed by atoms with Gasteiger partial charge in [0.15, 0.2) is 6.23 Å². The van der Waals surface area contributed by atoms with Gasteiger partial charge in [-0.1, -0.05) is 60.7 Å². The summed E-state index contributed by atoms with van der Waals surface area (Å²) in [6.45, 7) is 0.528. The van der Waals surface area contributed by atoms with Gasteiger partial charge >= 0.3 is 0 Å². The fraction of sp³-hybridized carbons (Fsp3) is 0.188. The average molecular weight is 255 g/mol. The Balaban J connectivity index is 2.03. The largest absolute Gasteiger partial charge is 0.371 e. The van der Waals surface area contributed by atoms with E-state index in [9.17, 15) is 9.90 Å². The van der Waals surface area contributed by atoms with Crippen LogP contribution in [0.5, 0.6) is 0 Å². The molecule has 0 spiro atoms. The molecule has 2 aromatic rings. The van der Waals surface area contributed by atoms with E-state index in [1.54, 1.807) is 36.2 Å². The molecule has 0 saturated heterocycles. The number of aliphatic hydroxyl groups is 1. The summed E-state index contributed by atoms with van der Waals surface area (Å²) in [6, 6.07) is 18.6. The SMILES string of the molecule is CN(Cc1ccccc1)C(O)C(=O)c1ccccc1. The fourth-order valence-electron chi connectivity index (χ4n) is 1.91. The maximum atomic E-state index is 12.1. The lowest BCUT2D eigenvalue weighted by Gasteiger charge is -2.22. The number of carbonyl (C=O) groups is 1. The van der Waals surface area contributed by atoms with Gasteiger partial charge in [-0.3, -0.25) is 9.69 Å². The summed E-state index contributed by atoms with van der Waals surface area (Å²) >= 11 is 0. The molecule has 1 unspecified atom stereocenters. The van der Waals surface area contributed by atoms with Crippen molar-refractivity contribution in [2.45, 2.75) is 12.8 Å². The predicted molar refractivity (Wildman–Crippen MR) is 74.7 cm³/mol. The van der Waals surface area contributed by atoms with E-state index in [0.29, 0.717) is 12.1 Å². The summed E-state index contributed by atoms with van der Waals surface area (Å²) < 4.78 is 0. The Hall–Kier alpha value is -1.97. The zero-order valence-corrected chi connectivity index (χ0v) is 10.9. The van der Waals surface area contributed by atoms with Crippen molar-refractivity contribution in [3.8, 4) is 0 Å². The minimum absolute atomic E-state index is 0.279. The van der Waals surface area contributed by atoms with Crippen LogP contribution in [0.1, 0.15) is 15.9 Å². The van der Waals surface area contributed by atoms with Gasteiger partial charge in [0.05, 0.1) is 0 Å². The molecule has 0 saturated carbocycles. The van der Waals surface area contributed by atoms with E-state index >= 15 is 0 Å². The maximum Gasteiger partial charge on any atom is 0.206 e. The number of benzene rings is 2. The van der Waals surface area contributed by atoms with Crippen LogP contribution in [0.4, 0.5) is 0 Å². The van der Waals surface area contributed by atoms with Crippen molar-refractivity contribution in [1.29, 1.82) is 0 Å². The van der Waals surface area contributed by atoms with Crippen LogP contribution >= 0.6 is 0 Å². The zero-order valence-electron chi connectivity index (χ0n) is 10.9. The number of likely N-dealkylation sites (N-methyl/N-ethyl adjacent to an activating group) is 1. The molecule has 3 heteroatoms. The molecule has 0 aromatic heterocycles. The molecular weight excluding hydrogens is 238 g/mol. The van der Waals surface area contributed by atoms with E-state index in [1.165, 1.54) is 0 Å². The van der Waals surface area contributed by atoms with Crippen molar-refractivity contribution in [3.05, 3.63) is 71.8 Å². The Labute approximate surface area is 113 Å². The highest BCUT2D eigenvalue weighted by molar-refractivity contribution is 5.98. The van der Waals surface area contributed by atoms with Gasteiger partial charge < -0.3 is 5.11 Å². The number of ketones is 1. The Morgan fingerprint density at radius 3 is 2.16 bits per heavy atom. The van der Waals surface area contributed by atoms with Crippen LogP contribution in [0.15, 0.2) is 60.7 Å². The van der Waals surface area contributed by atoms with Crippen LogP contribution in [0.3, 0.4) is 0 Å². The highest BCUT2D eigenvalue weighted by atomic mass is 16.3. The van der Waals surface area contributed by atoms with Gasteiger partial charge in [-0.05, 0) is 12.6 Å². The molecule has 1 atom stereocenters. The fourth-order valence-corrected chi connectivity index (χ4v) is 1.91. The second-order valence-electron chi connectivity index (χ2n) is 4.50. The van der Waals surface area contributed by atoms with Gasteiger partial charge in [-0.15, -0.1) is 0 Å². The van der Waals surface area contributed by atoms with Crippen molar-refractivity contribution in [3.63, 3.8) is 0 Å². The number of Topliss-reactive ketones (excluding diaryl/α,β-unsaturated/α-hetero) is 1. The summed E-state index contributed by atoms with van der Waals surface area (Å²) in [5.74, 6) is -0.279. The molecule has 19 heavy (non-hydrogen) atoms. The first-order valence-corrected chi connectivity index (χ1v) is 6.20. The lowest BCUT2D eigenvalue weighted by atomic mass is 10.1. The minimum atomic E-state index is -1.12. The lowest BCUT2D eigenvalue weighted by Crippen LogP contribution is -2.37. The first-order valence-electron chi connectivity index (χ1n) is 6.20. The molecule has 0 fully saturated rings. The summed E-state index contributed by atoms with van der Waals surface area (Å²) in [7, 11) is 1.73. The highest BCUT2D eigenvalue weighted by Gasteiger charge is 2.21. The highest BCUT2D eigenvalue weighted by Crippen LogP contribution is 2.09. The normalized spacial score (nSPS) is 12.4. The van der Waals surface area contributed by atoms with Crippen LogP contribution in [0, 0.1) is 0 Å². The predicted octanol–water partition coefficient (Wildman–Crippen LogP) is 2.32. The van der Waals surface area contributed by atoms with Crippen molar-refractivity contribution in [2.75, 3.05) is 7.05 Å². The van der Waals surface area contributed by atoms with Gasteiger partial charge in [0.25, 0.3) is 0 Å². The third-order valence-electron chi connectivity index (χ3n) is 2.99. The molecule has 3 nitrogen and oxygen atoms in total. The maximum absolute atomic E-state index is 12.1. The number of carbonyl (C=O) groups excluding carboxylic acids is 1. The molecule has 0 heterocycles. The van der Waals surface area contributed by atoms with Crippen LogP contribution < -0.4 is 0 Å². The molecule has 0 aliphatic carbocycles. The summed E-state index contributed by atoms with van der Waals surface area (Å²) in [5, 5.41) is 10.1. The number of rotatable bonds is 5. The summed E-state index contributed by atoms with van der Waals surface area (Å²) in [5.41, 5.74) is 1.58. The molecule has 0 aliphatic rings. The quantitative estimate of drug-likeness (QED) is 0.658. The Morgan fingerprint density at radius 2 is 1.58 bits per heavy atom. The van der Waals surface area contributed by atoms with E-state index in [-0.39, 0.29) is 5.78 Å². The molecule has 0 radical (unpaired) electrons. The molecular formula is C16H17NO2. The van der Waals surface area contributed by atoms with E-state index in [2.05, 4.69) is 0 Å². The molecule has 0 aliphatic heterocycles. The van der Waals surface area contributed by atoms with Crippen LogP contribution in [0.25, 0.3) is 0 Å². The third-order valence-corrected chi connectivity index (χ3v) is 2.99. The molecule has 2 aromatic carbocycles. The zero-order chi connectivity index (χ0) is 13.7. The average Bonchev–Trinajstić information content (AvgIpc) is 2.47. The molecule has 1 N–H and O–H groups in total. The van der Waals surface area contributed by atoms with Crippen molar-refractivity contribution < 1.29 is 9.90 Å². The number of hydrogen-bond donors (Lipinski definition) is 1. The van der Waals surface area contributed by atoms with Crippen molar-refractivity contribution in [2.24, 2.45) is 0 Å². The first-order chi connectivity index (χ1) is 9.18. The van der Waals surface area contributed by atoms with Gasteiger partial charge in [-0.25, -0.2) is 0 Å². The minimum Gasteiger partial charge on any atom is -0.371 e. The molecule has 2 rings (SSSR count). The van der Waals surface area contributed by atoms with Crippen LogP contribution in [0.2, 0.25) is 0 Å². The van der Waals surface area contributed by atoms with Crippen molar-refractivity contribution in [1.82, 2.24) is 4.90 Å². The van der Waals surface area contributed by atoms with Crippen molar-refractivity contribution >= 4 is 5.78 Å². The Bertz CT molecular complexity index is 525. The smallest absolute Gasteiger partial charge is 0.206 e. The molecule has 0 bridgehead atoms. The second-order valence-corrected chi connectivity index (χ2v) is 4.50. The number of hydrogen-bond acceptors (Lipinski definition) is 3. The van der Waals surface area contributed by atoms with Crippen LogP contribution in [-0.2, 0) is 6.54 Å². The molecule has 98 valence electrons. The second kappa shape index (κ2) is 6.27. The van der Waals surface area contributed by atoms with E-state index in [4.69, 9.17) is 0 Å². The van der Waals surface area contributed by atoms with E-state index < -0.39 is 6.23 Å². The lowest BCUT2D eigenvalue weighted by molar-refractivity contribution is 0.0195. The van der Waals surface area contributed by atoms with E-state index in [1.807, 2.05) is 36.4 Å². The first kappa shape index (κ1) is 13.5.